The van der Waals surface area contributed by atoms with Gasteiger partial charge in [0.15, 0.2) is 9.84 Å². The second-order valence-electron chi connectivity index (χ2n) is 5.08. The molecule has 0 aliphatic carbocycles. The zero-order valence-electron chi connectivity index (χ0n) is 11.6. The van der Waals surface area contributed by atoms with E-state index in [4.69, 9.17) is 4.74 Å². The quantitative estimate of drug-likeness (QED) is 0.700. The van der Waals surface area contributed by atoms with Crippen LogP contribution >= 0.6 is 31.9 Å². The minimum absolute atomic E-state index is 0.359. The number of ether oxygens (including phenoxy) is 1. The Labute approximate surface area is 131 Å². The van der Waals surface area contributed by atoms with Crippen molar-refractivity contribution in [2.24, 2.45) is 0 Å². The average molecular weight is 414 g/mol. The molecule has 108 valence electrons. The predicted molar refractivity (Wildman–Crippen MR) is 86.0 cm³/mol. The van der Waals surface area contributed by atoms with E-state index in [0.717, 1.165) is 15.6 Å². The highest BCUT2D eigenvalue weighted by molar-refractivity contribution is 9.10. The van der Waals surface area contributed by atoms with Gasteiger partial charge in [0.1, 0.15) is 5.75 Å². The maximum absolute atomic E-state index is 11.9. The summed E-state index contributed by atoms with van der Waals surface area (Å²) in [5.41, 5.74) is 1.85. The summed E-state index contributed by atoms with van der Waals surface area (Å²) < 4.78 is 29.2. The van der Waals surface area contributed by atoms with Crippen LogP contribution in [0.3, 0.4) is 0 Å². The Morgan fingerprint density at radius 1 is 1.32 bits per heavy atom. The molecule has 0 N–H and O–H groups in total. The molecule has 0 saturated carbocycles. The van der Waals surface area contributed by atoms with Crippen LogP contribution in [0.15, 0.2) is 16.6 Å². The van der Waals surface area contributed by atoms with Crippen LogP contribution in [0.4, 0.5) is 0 Å². The van der Waals surface area contributed by atoms with E-state index in [9.17, 15) is 8.42 Å². The Balaban J connectivity index is 3.42. The highest BCUT2D eigenvalue weighted by Gasteiger charge is 2.39. The molecule has 0 aliphatic rings. The molecule has 0 saturated heterocycles. The largest absolute Gasteiger partial charge is 0.496 e. The Kier molecular flexibility index (Phi) is 5.13. The van der Waals surface area contributed by atoms with Gasteiger partial charge in [-0.25, -0.2) is 8.42 Å². The molecule has 6 heteroatoms. The maximum atomic E-state index is 11.9. The van der Waals surface area contributed by atoms with E-state index in [0.29, 0.717) is 5.75 Å². The second kappa shape index (κ2) is 5.74. The normalized spacial score (nSPS) is 14.3. The van der Waals surface area contributed by atoms with Crippen LogP contribution in [-0.2, 0) is 9.84 Å². The molecule has 1 aromatic carbocycles. The summed E-state index contributed by atoms with van der Waals surface area (Å²) in [6.45, 7) is 5.37. The molecule has 0 heterocycles. The standard InChI is InChI=1S/C13H18Br2O3S/c1-8-6-11(18-4)9(7-10(8)14)12(15)13(2,3)19(5,16)17/h6-7,12H,1-5H3. The van der Waals surface area contributed by atoms with Crippen LogP contribution < -0.4 is 4.74 Å². The highest BCUT2D eigenvalue weighted by atomic mass is 79.9. The first-order chi connectivity index (χ1) is 8.52. The summed E-state index contributed by atoms with van der Waals surface area (Å²) in [6.07, 6.45) is 1.25. The SMILES string of the molecule is COc1cc(C)c(Br)cc1C(Br)C(C)(C)S(C)(=O)=O. The molecule has 1 unspecified atom stereocenters. The molecule has 0 spiro atoms. The molecule has 0 bridgehead atoms. The molecule has 0 aliphatic heterocycles. The van der Waals surface area contributed by atoms with E-state index in [1.807, 2.05) is 19.1 Å². The molecule has 1 aromatic rings. The van der Waals surface area contributed by atoms with Crippen molar-refractivity contribution in [2.45, 2.75) is 30.3 Å². The van der Waals surface area contributed by atoms with Crippen molar-refractivity contribution in [2.75, 3.05) is 13.4 Å². The van der Waals surface area contributed by atoms with Crippen LogP contribution in [0.25, 0.3) is 0 Å². The number of rotatable bonds is 4. The Morgan fingerprint density at radius 2 is 1.84 bits per heavy atom. The fourth-order valence-corrected chi connectivity index (χ4v) is 3.85. The van der Waals surface area contributed by atoms with Crippen molar-refractivity contribution in [1.29, 1.82) is 0 Å². The molecule has 0 fully saturated rings. The van der Waals surface area contributed by atoms with Crippen LogP contribution in [0, 0.1) is 6.92 Å². The van der Waals surface area contributed by atoms with E-state index >= 15 is 0 Å². The Morgan fingerprint density at radius 3 is 2.26 bits per heavy atom. The summed E-state index contributed by atoms with van der Waals surface area (Å²) in [4.78, 5) is -0.359. The van der Waals surface area contributed by atoms with E-state index < -0.39 is 14.6 Å². The van der Waals surface area contributed by atoms with Gasteiger partial charge in [0.2, 0.25) is 0 Å². The van der Waals surface area contributed by atoms with E-state index in [2.05, 4.69) is 31.9 Å². The third-order valence-corrected chi connectivity index (χ3v) is 8.29. The summed E-state index contributed by atoms with van der Waals surface area (Å²) in [5, 5.41) is 0. The number of benzene rings is 1. The third kappa shape index (κ3) is 3.34. The van der Waals surface area contributed by atoms with E-state index in [1.54, 1.807) is 21.0 Å². The fourth-order valence-electron chi connectivity index (χ4n) is 1.61. The second-order valence-corrected chi connectivity index (χ2v) is 9.45. The number of aryl methyl sites for hydroxylation is 1. The zero-order valence-corrected chi connectivity index (χ0v) is 15.6. The summed E-state index contributed by atoms with van der Waals surface area (Å²) in [7, 11) is -1.63. The van der Waals surface area contributed by atoms with Crippen molar-refractivity contribution in [1.82, 2.24) is 0 Å². The van der Waals surface area contributed by atoms with Gasteiger partial charge in [-0.2, -0.15) is 0 Å². The van der Waals surface area contributed by atoms with Gasteiger partial charge in [0.25, 0.3) is 0 Å². The van der Waals surface area contributed by atoms with Gasteiger partial charge in [-0.15, -0.1) is 0 Å². The number of methoxy groups -OCH3 is 1. The minimum Gasteiger partial charge on any atom is -0.496 e. The van der Waals surface area contributed by atoms with Crippen LogP contribution in [-0.4, -0.2) is 26.5 Å². The van der Waals surface area contributed by atoms with Gasteiger partial charge in [-0.3, -0.25) is 0 Å². The molecule has 0 amide bonds. The molecular weight excluding hydrogens is 396 g/mol. The zero-order chi connectivity index (χ0) is 15.0. The van der Waals surface area contributed by atoms with Gasteiger partial charge in [-0.05, 0) is 38.5 Å². The first kappa shape index (κ1) is 17.0. The summed E-state index contributed by atoms with van der Waals surface area (Å²) in [5.74, 6) is 0.680. The van der Waals surface area contributed by atoms with Crippen molar-refractivity contribution >= 4 is 41.7 Å². The molecule has 19 heavy (non-hydrogen) atoms. The van der Waals surface area contributed by atoms with Gasteiger partial charge >= 0.3 is 0 Å². The van der Waals surface area contributed by atoms with Crippen LogP contribution in [0.2, 0.25) is 0 Å². The monoisotopic (exact) mass is 412 g/mol. The highest BCUT2D eigenvalue weighted by Crippen LogP contribution is 2.44. The smallest absolute Gasteiger partial charge is 0.154 e. The first-order valence-electron chi connectivity index (χ1n) is 5.70. The Bertz CT molecular complexity index is 580. The number of sulfone groups is 1. The lowest BCUT2D eigenvalue weighted by Crippen LogP contribution is -2.35. The lowest BCUT2D eigenvalue weighted by molar-refractivity contribution is 0.406. The first-order valence-corrected chi connectivity index (χ1v) is 9.30. The van der Waals surface area contributed by atoms with E-state index in [1.165, 1.54) is 6.26 Å². The Hall–Kier alpha value is -0.0700. The number of alkyl halides is 1. The molecule has 1 atom stereocenters. The predicted octanol–water partition coefficient (Wildman–Crippen LogP) is 4.03. The number of hydrogen-bond donors (Lipinski definition) is 0. The van der Waals surface area contributed by atoms with E-state index in [-0.39, 0.29) is 4.83 Å². The lowest BCUT2D eigenvalue weighted by Gasteiger charge is -2.30. The van der Waals surface area contributed by atoms with Crippen molar-refractivity contribution in [3.63, 3.8) is 0 Å². The summed E-state index contributed by atoms with van der Waals surface area (Å²) >= 11 is 6.98. The number of halogens is 2. The van der Waals surface area contributed by atoms with Gasteiger partial charge in [0, 0.05) is 16.3 Å². The van der Waals surface area contributed by atoms with Crippen molar-refractivity contribution in [3.8, 4) is 5.75 Å². The maximum Gasteiger partial charge on any atom is 0.154 e. The van der Waals surface area contributed by atoms with Gasteiger partial charge < -0.3 is 4.74 Å². The lowest BCUT2D eigenvalue weighted by atomic mass is 9.99. The average Bonchev–Trinajstić information content (AvgIpc) is 2.29. The van der Waals surface area contributed by atoms with Crippen LogP contribution in [0.5, 0.6) is 5.75 Å². The van der Waals surface area contributed by atoms with Crippen molar-refractivity contribution in [3.05, 3.63) is 27.7 Å². The molecular formula is C13H18Br2O3S. The third-order valence-electron chi connectivity index (χ3n) is 3.35. The molecule has 0 aromatic heterocycles. The summed E-state index contributed by atoms with van der Waals surface area (Å²) in [6, 6.07) is 3.80. The molecule has 1 rings (SSSR count). The molecule has 0 radical (unpaired) electrons. The number of hydrogen-bond acceptors (Lipinski definition) is 3. The topological polar surface area (TPSA) is 43.4 Å². The van der Waals surface area contributed by atoms with Crippen molar-refractivity contribution < 1.29 is 13.2 Å². The fraction of sp³-hybridized carbons (Fsp3) is 0.538. The van der Waals surface area contributed by atoms with Gasteiger partial charge in [0.05, 0.1) is 16.7 Å². The minimum atomic E-state index is -3.22. The van der Waals surface area contributed by atoms with Crippen LogP contribution in [0.1, 0.15) is 29.8 Å². The van der Waals surface area contributed by atoms with Gasteiger partial charge in [-0.1, -0.05) is 31.9 Å². The molecule has 3 nitrogen and oxygen atoms in total.